The molecule has 4 heterocycles. The second kappa shape index (κ2) is 6.89. The average molecular weight is 342 g/mol. The molecular weight excluding hydrogens is 320 g/mol. The predicted molar refractivity (Wildman–Crippen MR) is 96.1 cm³/mol. The van der Waals surface area contributed by atoms with Crippen LogP contribution in [-0.2, 0) is 4.79 Å². The molecule has 5 nitrogen and oxygen atoms in total. The lowest BCUT2D eigenvalue weighted by atomic mass is 9.96. The van der Waals surface area contributed by atoms with Crippen LogP contribution >= 0.6 is 11.3 Å². The van der Waals surface area contributed by atoms with Gasteiger partial charge in [-0.05, 0) is 49.3 Å². The molecule has 24 heavy (non-hydrogen) atoms. The van der Waals surface area contributed by atoms with Crippen LogP contribution < -0.4 is 4.90 Å². The fourth-order valence-corrected chi connectivity index (χ4v) is 4.32. The van der Waals surface area contributed by atoms with E-state index in [4.69, 9.17) is 0 Å². The molecule has 2 aliphatic heterocycles. The molecule has 0 radical (unpaired) electrons. The Kier molecular flexibility index (Phi) is 4.47. The number of amides is 1. The van der Waals surface area contributed by atoms with Crippen LogP contribution in [0, 0.1) is 5.92 Å². The second-order valence-corrected chi connectivity index (χ2v) is 7.52. The van der Waals surface area contributed by atoms with E-state index in [1.54, 1.807) is 11.3 Å². The number of carbonyl (C=O) groups excluding carboxylic acids is 1. The molecule has 6 heteroatoms. The van der Waals surface area contributed by atoms with Gasteiger partial charge in [-0.1, -0.05) is 6.07 Å². The lowest BCUT2D eigenvalue weighted by Crippen LogP contribution is -2.44. The van der Waals surface area contributed by atoms with Crippen LogP contribution in [0.15, 0.2) is 29.6 Å². The van der Waals surface area contributed by atoms with Crippen LogP contribution in [0.5, 0.6) is 0 Å². The van der Waals surface area contributed by atoms with Crippen LogP contribution in [0.25, 0.3) is 10.6 Å². The van der Waals surface area contributed by atoms with Crippen molar-refractivity contribution in [2.45, 2.75) is 25.7 Å². The van der Waals surface area contributed by atoms with Gasteiger partial charge in [0.1, 0.15) is 5.69 Å². The molecule has 4 rings (SSSR count). The summed E-state index contributed by atoms with van der Waals surface area (Å²) in [7, 11) is 0. The first-order valence-corrected chi connectivity index (χ1v) is 9.60. The van der Waals surface area contributed by atoms with E-state index < -0.39 is 0 Å². The van der Waals surface area contributed by atoms with E-state index >= 15 is 0 Å². The minimum atomic E-state index is 0.107. The molecule has 0 aliphatic carbocycles. The summed E-state index contributed by atoms with van der Waals surface area (Å²) >= 11 is 1.67. The Morgan fingerprint density at radius 3 is 2.67 bits per heavy atom. The van der Waals surface area contributed by atoms with Crippen LogP contribution in [-0.4, -0.2) is 47.2 Å². The molecule has 0 saturated carbocycles. The summed E-state index contributed by atoms with van der Waals surface area (Å²) in [6.45, 7) is 3.59. The molecule has 2 fully saturated rings. The van der Waals surface area contributed by atoms with Gasteiger partial charge in [0, 0.05) is 26.2 Å². The SMILES string of the molecule is O=C(C1CCCN(c2ccc(-c3cccs3)nn2)C1)N1CCCC1. The molecule has 0 spiro atoms. The van der Waals surface area contributed by atoms with Gasteiger partial charge in [-0.15, -0.1) is 21.5 Å². The van der Waals surface area contributed by atoms with E-state index in [-0.39, 0.29) is 5.92 Å². The molecule has 1 amide bonds. The number of piperidine rings is 1. The van der Waals surface area contributed by atoms with Gasteiger partial charge >= 0.3 is 0 Å². The maximum atomic E-state index is 12.7. The monoisotopic (exact) mass is 342 g/mol. The molecule has 1 unspecified atom stereocenters. The Labute approximate surface area is 146 Å². The van der Waals surface area contributed by atoms with Crippen LogP contribution in [0.4, 0.5) is 5.82 Å². The van der Waals surface area contributed by atoms with Gasteiger partial charge in [0.05, 0.1) is 10.8 Å². The van der Waals surface area contributed by atoms with Crippen molar-refractivity contribution in [3.8, 4) is 10.6 Å². The highest BCUT2D eigenvalue weighted by atomic mass is 32.1. The van der Waals surface area contributed by atoms with Crippen molar-refractivity contribution >= 4 is 23.1 Å². The molecule has 1 atom stereocenters. The van der Waals surface area contributed by atoms with Gasteiger partial charge in [-0.2, -0.15) is 0 Å². The highest BCUT2D eigenvalue weighted by molar-refractivity contribution is 7.13. The van der Waals surface area contributed by atoms with Gasteiger partial charge in [-0.25, -0.2) is 0 Å². The Morgan fingerprint density at radius 1 is 1.08 bits per heavy atom. The predicted octanol–water partition coefficient (Wildman–Crippen LogP) is 3.04. The number of carbonyl (C=O) groups is 1. The van der Waals surface area contributed by atoms with Crippen molar-refractivity contribution in [3.05, 3.63) is 29.6 Å². The summed E-state index contributed by atoms with van der Waals surface area (Å²) in [5.41, 5.74) is 0.912. The first-order valence-electron chi connectivity index (χ1n) is 8.72. The van der Waals surface area contributed by atoms with Crippen LogP contribution in [0.1, 0.15) is 25.7 Å². The van der Waals surface area contributed by atoms with Crippen molar-refractivity contribution in [1.82, 2.24) is 15.1 Å². The second-order valence-electron chi connectivity index (χ2n) is 6.57. The average Bonchev–Trinajstić information content (AvgIpc) is 3.35. The minimum absolute atomic E-state index is 0.107. The Hall–Kier alpha value is -1.95. The third-order valence-corrected chi connectivity index (χ3v) is 5.83. The van der Waals surface area contributed by atoms with E-state index in [0.717, 1.165) is 68.3 Å². The largest absolute Gasteiger partial charge is 0.354 e. The molecule has 2 saturated heterocycles. The topological polar surface area (TPSA) is 49.3 Å². The highest BCUT2D eigenvalue weighted by Gasteiger charge is 2.31. The number of rotatable bonds is 3. The van der Waals surface area contributed by atoms with Gasteiger partial charge in [0.25, 0.3) is 0 Å². The van der Waals surface area contributed by atoms with Crippen molar-refractivity contribution < 1.29 is 4.79 Å². The normalized spacial score (nSPS) is 21.2. The zero-order chi connectivity index (χ0) is 16.4. The summed E-state index contributed by atoms with van der Waals surface area (Å²) < 4.78 is 0. The maximum Gasteiger partial charge on any atom is 0.227 e. The molecule has 0 bridgehead atoms. The molecule has 126 valence electrons. The van der Waals surface area contributed by atoms with Crippen LogP contribution in [0.3, 0.4) is 0 Å². The van der Waals surface area contributed by atoms with E-state index in [9.17, 15) is 4.79 Å². The summed E-state index contributed by atoms with van der Waals surface area (Å²) in [5.74, 6) is 1.32. The van der Waals surface area contributed by atoms with Crippen molar-refractivity contribution in [2.75, 3.05) is 31.1 Å². The zero-order valence-electron chi connectivity index (χ0n) is 13.7. The van der Waals surface area contributed by atoms with Crippen molar-refractivity contribution in [3.63, 3.8) is 0 Å². The number of aromatic nitrogens is 2. The lowest BCUT2D eigenvalue weighted by molar-refractivity contribution is -0.134. The minimum Gasteiger partial charge on any atom is -0.354 e. The van der Waals surface area contributed by atoms with Gasteiger partial charge in [0.2, 0.25) is 5.91 Å². The number of thiophene rings is 1. The number of anilines is 1. The molecule has 0 N–H and O–H groups in total. The van der Waals surface area contributed by atoms with E-state index in [1.807, 2.05) is 28.5 Å². The smallest absolute Gasteiger partial charge is 0.227 e. The third-order valence-electron chi connectivity index (χ3n) is 4.94. The van der Waals surface area contributed by atoms with Gasteiger partial charge in [0.15, 0.2) is 5.82 Å². The standard InChI is InChI=1S/C18H22N4OS/c23-18(21-9-1-2-10-21)14-5-3-11-22(13-14)17-8-7-15(19-20-17)16-6-4-12-24-16/h4,6-8,12,14H,1-3,5,9-11,13H2. The summed E-state index contributed by atoms with van der Waals surface area (Å²) in [6, 6.07) is 8.14. The number of hydrogen-bond donors (Lipinski definition) is 0. The number of nitrogens with zero attached hydrogens (tertiary/aromatic N) is 4. The summed E-state index contributed by atoms with van der Waals surface area (Å²) in [5, 5.41) is 10.8. The highest BCUT2D eigenvalue weighted by Crippen LogP contribution is 2.26. The molecule has 2 aromatic rings. The first-order chi connectivity index (χ1) is 11.8. The molecule has 0 aromatic carbocycles. The molecule has 2 aliphatic rings. The quantitative estimate of drug-likeness (QED) is 0.860. The Bertz CT molecular complexity index is 680. The molecular formula is C18H22N4OS. The van der Waals surface area contributed by atoms with E-state index in [2.05, 4.69) is 21.2 Å². The maximum absolute atomic E-state index is 12.7. The van der Waals surface area contributed by atoms with Crippen LogP contribution in [0.2, 0.25) is 0 Å². The zero-order valence-corrected chi connectivity index (χ0v) is 14.5. The number of likely N-dealkylation sites (tertiary alicyclic amines) is 1. The fourth-order valence-electron chi connectivity index (χ4n) is 3.63. The summed E-state index contributed by atoms with van der Waals surface area (Å²) in [6.07, 6.45) is 4.33. The van der Waals surface area contributed by atoms with E-state index in [0.29, 0.717) is 5.91 Å². The Morgan fingerprint density at radius 2 is 1.96 bits per heavy atom. The van der Waals surface area contributed by atoms with Gasteiger partial charge < -0.3 is 9.80 Å². The lowest BCUT2D eigenvalue weighted by Gasteiger charge is -2.34. The van der Waals surface area contributed by atoms with Crippen molar-refractivity contribution in [2.24, 2.45) is 5.92 Å². The van der Waals surface area contributed by atoms with Crippen molar-refractivity contribution in [1.29, 1.82) is 0 Å². The first kappa shape index (κ1) is 15.6. The summed E-state index contributed by atoms with van der Waals surface area (Å²) in [4.78, 5) is 18.0. The fraction of sp³-hybridized carbons (Fsp3) is 0.500. The van der Waals surface area contributed by atoms with Gasteiger partial charge in [-0.3, -0.25) is 4.79 Å². The Balaban J connectivity index is 1.44. The van der Waals surface area contributed by atoms with E-state index in [1.165, 1.54) is 0 Å². The molecule has 2 aromatic heterocycles. The number of hydrogen-bond acceptors (Lipinski definition) is 5. The third kappa shape index (κ3) is 3.15.